The Morgan fingerprint density at radius 3 is 1.03 bits per heavy atom. The fraction of sp³-hybridized carbons (Fsp3) is 0.0870. The van der Waals surface area contributed by atoms with Gasteiger partial charge in [-0.3, -0.25) is 0 Å². The van der Waals surface area contributed by atoms with E-state index in [1.807, 2.05) is 11.8 Å². The van der Waals surface area contributed by atoms with Gasteiger partial charge in [-0.05, 0) is 196 Å². The maximum absolute atomic E-state index is 2.66. The average Bonchev–Trinajstić information content (AvgIpc) is 0.699. The summed E-state index contributed by atoms with van der Waals surface area (Å²) in [5.74, 6) is 0. The van der Waals surface area contributed by atoms with Gasteiger partial charge in [-0.15, -0.1) is 0 Å². The Balaban J connectivity index is 1.00. The van der Waals surface area contributed by atoms with Gasteiger partial charge in [-0.2, -0.15) is 0 Å². The van der Waals surface area contributed by atoms with Crippen molar-refractivity contribution in [3.8, 4) is 89.0 Å². The molecule has 0 bridgehead atoms. The third-order valence-corrected chi connectivity index (χ3v) is 20.5. The largest absolute Gasteiger partial charge is 0.310 e. The van der Waals surface area contributed by atoms with Crippen molar-refractivity contribution in [3.05, 3.63) is 345 Å². The highest BCUT2D eigenvalue weighted by Gasteiger charge is 2.43. The summed E-state index contributed by atoms with van der Waals surface area (Å²) in [6.07, 6.45) is 0. The molecule has 2 aliphatic heterocycles. The Morgan fingerprint density at radius 2 is 0.635 bits per heavy atom. The predicted octanol–water partition coefficient (Wildman–Crippen LogP) is 23.9. The summed E-state index contributed by atoms with van der Waals surface area (Å²) in [7, 11) is 0. The summed E-state index contributed by atoms with van der Waals surface area (Å²) in [4.78, 5) is 7.63. The van der Waals surface area contributed by atoms with Crippen LogP contribution in [0.15, 0.2) is 343 Å². The van der Waals surface area contributed by atoms with Crippen molar-refractivity contribution in [1.82, 2.24) is 0 Å². The zero-order valence-corrected chi connectivity index (χ0v) is 56.0. The molecule has 2 heterocycles. The summed E-state index contributed by atoms with van der Waals surface area (Å²) >= 11 is 1.91. The van der Waals surface area contributed by atoms with E-state index in [9.17, 15) is 0 Å². The molecule has 0 saturated carbocycles. The van der Waals surface area contributed by atoms with Crippen molar-refractivity contribution in [3.63, 3.8) is 0 Å². The monoisotopic (exact) mass is 1250 g/mol. The molecule has 0 fully saturated rings. The standard InChI is InChI=1S/C92H73BN2S/c1-91(2,3)76-42-46-78(47-43-76)94(79-48-44-77(45-49-79)92(4,5)6)80-60-86-89-88(61-80)96-87-51-41-69(75-56-72(64-30-17-9-18-31-64)53-73(57-75)65-32-19-10-20-33-65)59-84(87)93(89)83-58-68(74-54-70(62-26-13-7-14-27-62)52-71(55-74)63-28-15-8-16-29-63)40-50-85(83)95(86)90-81(66-34-21-11-22-35-66)38-25-39-82(90)67-36-23-12-24-37-67/h7-61H,1-6H3. The van der Waals surface area contributed by atoms with Gasteiger partial charge in [0.05, 0.1) is 5.69 Å². The molecule has 460 valence electrons. The molecule has 0 aromatic heterocycles. The lowest BCUT2D eigenvalue weighted by Gasteiger charge is -2.43. The first-order chi connectivity index (χ1) is 46.8. The maximum Gasteiger partial charge on any atom is 0.249 e. The van der Waals surface area contributed by atoms with Crippen LogP contribution in [0.2, 0.25) is 0 Å². The predicted molar refractivity (Wildman–Crippen MR) is 412 cm³/mol. The quantitative estimate of drug-likeness (QED) is 0.113. The Bertz CT molecular complexity index is 4940. The molecule has 0 amide bonds. The minimum Gasteiger partial charge on any atom is -0.310 e. The van der Waals surface area contributed by atoms with E-state index in [4.69, 9.17) is 0 Å². The molecule has 4 heteroatoms. The van der Waals surface area contributed by atoms with E-state index < -0.39 is 0 Å². The molecule has 0 atom stereocenters. The van der Waals surface area contributed by atoms with Crippen LogP contribution in [0.1, 0.15) is 52.7 Å². The van der Waals surface area contributed by atoms with Crippen LogP contribution >= 0.6 is 11.8 Å². The van der Waals surface area contributed by atoms with Gasteiger partial charge >= 0.3 is 0 Å². The lowest BCUT2D eigenvalue weighted by Crippen LogP contribution is -2.60. The molecule has 0 unspecified atom stereocenters. The third kappa shape index (κ3) is 11.5. The lowest BCUT2D eigenvalue weighted by molar-refractivity contribution is 0.590. The van der Waals surface area contributed by atoms with E-state index in [-0.39, 0.29) is 17.5 Å². The van der Waals surface area contributed by atoms with Crippen molar-refractivity contribution >= 4 is 69.0 Å². The minimum atomic E-state index is -0.182. The SMILES string of the molecule is CC(C)(C)c1ccc(N(c2ccc(C(C)(C)C)cc2)c2cc3c4c(c2)N(c2c(-c5ccccc5)cccc2-c2ccccc2)c2ccc(-c5cc(-c6ccccc6)cc(-c6ccccc6)c5)cc2B4c2cc(-c4cc(-c5ccccc5)cc(-c5ccccc5)c4)ccc2S3)cc1. The van der Waals surface area contributed by atoms with Crippen LogP contribution in [0.4, 0.5) is 34.1 Å². The second kappa shape index (κ2) is 24.8. The van der Waals surface area contributed by atoms with Gasteiger partial charge in [0.1, 0.15) is 0 Å². The molecule has 0 N–H and O–H groups in total. The average molecular weight is 1250 g/mol. The van der Waals surface area contributed by atoms with Gasteiger partial charge in [0.15, 0.2) is 0 Å². The molecule has 96 heavy (non-hydrogen) atoms. The number of hydrogen-bond acceptors (Lipinski definition) is 3. The van der Waals surface area contributed by atoms with Crippen molar-refractivity contribution in [1.29, 1.82) is 0 Å². The second-order valence-corrected chi connectivity index (χ2v) is 28.8. The highest BCUT2D eigenvalue weighted by Crippen LogP contribution is 2.52. The topological polar surface area (TPSA) is 6.48 Å². The maximum atomic E-state index is 2.66. The molecule has 2 aliphatic rings. The van der Waals surface area contributed by atoms with Gasteiger partial charge in [0.2, 0.25) is 6.71 Å². The van der Waals surface area contributed by atoms with E-state index in [0.29, 0.717) is 0 Å². The van der Waals surface area contributed by atoms with Crippen molar-refractivity contribution in [2.75, 3.05) is 9.80 Å². The minimum absolute atomic E-state index is 0.0211. The van der Waals surface area contributed by atoms with Crippen LogP contribution in [-0.4, -0.2) is 6.71 Å². The van der Waals surface area contributed by atoms with Crippen molar-refractivity contribution in [2.24, 2.45) is 0 Å². The number of anilines is 6. The van der Waals surface area contributed by atoms with Crippen LogP contribution in [0.25, 0.3) is 89.0 Å². The summed E-state index contributed by atoms with van der Waals surface area (Å²) in [5, 5.41) is 0. The number of fused-ring (bicyclic) bond motifs is 4. The molecular weight excluding hydrogens is 1180 g/mol. The highest BCUT2D eigenvalue weighted by molar-refractivity contribution is 8.00. The fourth-order valence-electron chi connectivity index (χ4n) is 14.4. The van der Waals surface area contributed by atoms with Gasteiger partial charge in [-0.1, -0.05) is 307 Å². The number of nitrogens with zero attached hydrogens (tertiary/aromatic N) is 2. The molecule has 14 aromatic rings. The number of rotatable bonds is 12. The summed E-state index contributed by atoms with van der Waals surface area (Å²) < 4.78 is 0. The van der Waals surface area contributed by atoms with Crippen LogP contribution in [0.5, 0.6) is 0 Å². The smallest absolute Gasteiger partial charge is 0.249 e. The molecule has 16 rings (SSSR count). The van der Waals surface area contributed by atoms with Crippen LogP contribution < -0.4 is 26.2 Å². The molecule has 0 radical (unpaired) electrons. The third-order valence-electron chi connectivity index (χ3n) is 19.4. The lowest BCUT2D eigenvalue weighted by atomic mass is 9.34. The Morgan fingerprint density at radius 1 is 0.271 bits per heavy atom. The van der Waals surface area contributed by atoms with Crippen LogP contribution in [-0.2, 0) is 10.8 Å². The van der Waals surface area contributed by atoms with E-state index in [2.05, 4.69) is 385 Å². The van der Waals surface area contributed by atoms with E-state index in [0.717, 1.165) is 67.5 Å². The Hall–Kier alpha value is -10.9. The highest BCUT2D eigenvalue weighted by atomic mass is 32.2. The van der Waals surface area contributed by atoms with Crippen LogP contribution in [0, 0.1) is 0 Å². The number of hydrogen-bond donors (Lipinski definition) is 0. The Labute approximate surface area is 571 Å². The van der Waals surface area contributed by atoms with Gasteiger partial charge in [0, 0.05) is 49.4 Å². The molecule has 0 saturated heterocycles. The molecule has 14 aromatic carbocycles. The zero-order chi connectivity index (χ0) is 65.1. The Kier molecular flexibility index (Phi) is 15.5. The summed E-state index contributed by atoms with van der Waals surface area (Å²) in [6.45, 7) is 13.6. The van der Waals surface area contributed by atoms with Gasteiger partial charge < -0.3 is 9.80 Å². The van der Waals surface area contributed by atoms with Gasteiger partial charge in [0.25, 0.3) is 0 Å². The molecular formula is C92H73BN2S. The fourth-order valence-corrected chi connectivity index (χ4v) is 15.6. The molecule has 0 spiro atoms. The normalized spacial score (nSPS) is 12.4. The molecule has 2 nitrogen and oxygen atoms in total. The first-order valence-corrected chi connectivity index (χ1v) is 34.4. The van der Waals surface area contributed by atoms with Gasteiger partial charge in [-0.25, -0.2) is 0 Å². The first-order valence-electron chi connectivity index (χ1n) is 33.6. The summed E-state index contributed by atoms with van der Waals surface area (Å²) in [5.41, 5.74) is 31.8. The van der Waals surface area contributed by atoms with E-state index >= 15 is 0 Å². The van der Waals surface area contributed by atoms with Crippen LogP contribution in [0.3, 0.4) is 0 Å². The second-order valence-electron chi connectivity index (χ2n) is 27.7. The summed E-state index contributed by atoms with van der Waals surface area (Å²) in [6, 6.07) is 125. The van der Waals surface area contributed by atoms with Crippen molar-refractivity contribution in [2.45, 2.75) is 62.2 Å². The molecule has 0 aliphatic carbocycles. The first kappa shape index (κ1) is 60.1. The number of para-hydroxylation sites is 1. The van der Waals surface area contributed by atoms with Crippen molar-refractivity contribution < 1.29 is 0 Å². The van der Waals surface area contributed by atoms with E-state index in [1.54, 1.807) is 0 Å². The zero-order valence-electron chi connectivity index (χ0n) is 55.1. The number of benzene rings is 14. The van der Waals surface area contributed by atoms with E-state index in [1.165, 1.54) is 92.9 Å².